The summed E-state index contributed by atoms with van der Waals surface area (Å²) < 4.78 is 25.5. The lowest BCUT2D eigenvalue weighted by Gasteiger charge is -2.11. The van der Waals surface area contributed by atoms with E-state index in [2.05, 4.69) is 10.1 Å². The van der Waals surface area contributed by atoms with Gasteiger partial charge in [-0.05, 0) is 25.7 Å². The van der Waals surface area contributed by atoms with Crippen LogP contribution in [0.15, 0.2) is 30.3 Å². The van der Waals surface area contributed by atoms with Crippen LogP contribution in [0.25, 0.3) is 0 Å². The van der Waals surface area contributed by atoms with Gasteiger partial charge in [-0.15, -0.1) is 0 Å². The Hall–Kier alpha value is -2.02. The molecular weight excluding hydrogens is 350 g/mol. The summed E-state index contributed by atoms with van der Waals surface area (Å²) in [4.78, 5) is 16.9. The predicted molar refractivity (Wildman–Crippen MR) is 98.0 cm³/mol. The first kappa shape index (κ1) is 17.4. The minimum Gasteiger partial charge on any atom is -0.294 e. The van der Waals surface area contributed by atoms with Crippen molar-refractivity contribution in [2.75, 3.05) is 11.5 Å². The van der Waals surface area contributed by atoms with Crippen molar-refractivity contribution in [1.29, 1.82) is 0 Å². The summed E-state index contributed by atoms with van der Waals surface area (Å²) in [5, 5.41) is 4.63. The van der Waals surface area contributed by atoms with E-state index < -0.39 is 9.84 Å². The first-order chi connectivity index (χ1) is 12.5. The van der Waals surface area contributed by atoms with E-state index in [1.165, 1.54) is 0 Å². The number of nitrogens with zero attached hydrogens (tertiary/aromatic N) is 3. The Morgan fingerprint density at radius 2 is 1.92 bits per heavy atom. The van der Waals surface area contributed by atoms with Gasteiger partial charge in [-0.2, -0.15) is 5.10 Å². The first-order valence-corrected chi connectivity index (χ1v) is 11.1. The molecule has 1 aromatic carbocycles. The zero-order valence-electron chi connectivity index (χ0n) is 14.7. The van der Waals surface area contributed by atoms with Gasteiger partial charge in [0, 0.05) is 24.3 Å². The normalized spacial score (nSPS) is 21.8. The molecule has 2 fully saturated rings. The van der Waals surface area contributed by atoms with Gasteiger partial charge in [0.25, 0.3) is 0 Å². The molecule has 1 unspecified atom stereocenters. The van der Waals surface area contributed by atoms with Crippen LogP contribution in [0.5, 0.6) is 0 Å². The van der Waals surface area contributed by atoms with Crippen LogP contribution in [0.1, 0.15) is 66.1 Å². The highest BCUT2D eigenvalue weighted by Crippen LogP contribution is 2.39. The monoisotopic (exact) mass is 373 g/mol. The number of sulfone groups is 1. The SMILES string of the molecule is O=C(CCCc1nc(C2CC2)nn1C1CCS(=O)(=O)C1)c1ccccc1. The molecule has 0 bridgehead atoms. The lowest BCUT2D eigenvalue weighted by Crippen LogP contribution is -2.16. The van der Waals surface area contributed by atoms with Crippen LogP contribution >= 0.6 is 0 Å². The third kappa shape index (κ3) is 3.87. The molecule has 138 valence electrons. The highest BCUT2D eigenvalue weighted by atomic mass is 32.2. The number of Topliss-reactive ketones (excluding diaryl/α,β-unsaturated/α-hetero) is 1. The maximum Gasteiger partial charge on any atom is 0.162 e. The predicted octanol–water partition coefficient (Wildman–Crippen LogP) is 2.72. The number of ketones is 1. The zero-order chi connectivity index (χ0) is 18.1. The summed E-state index contributed by atoms with van der Waals surface area (Å²) in [6.07, 6.45) is 4.62. The minimum absolute atomic E-state index is 0.111. The summed E-state index contributed by atoms with van der Waals surface area (Å²) in [7, 11) is -2.97. The fourth-order valence-electron chi connectivity index (χ4n) is 3.49. The van der Waals surface area contributed by atoms with Gasteiger partial charge in [0.1, 0.15) is 5.82 Å². The second-order valence-electron chi connectivity index (χ2n) is 7.30. The quantitative estimate of drug-likeness (QED) is 0.697. The number of hydrogen-bond acceptors (Lipinski definition) is 5. The Balaban J connectivity index is 1.44. The fraction of sp³-hybridized carbons (Fsp3) is 0.526. The second-order valence-corrected chi connectivity index (χ2v) is 9.53. The van der Waals surface area contributed by atoms with Crippen LogP contribution < -0.4 is 0 Å². The summed E-state index contributed by atoms with van der Waals surface area (Å²) in [6.45, 7) is 0. The van der Waals surface area contributed by atoms with Gasteiger partial charge >= 0.3 is 0 Å². The van der Waals surface area contributed by atoms with Gasteiger partial charge in [0.2, 0.25) is 0 Å². The summed E-state index contributed by atoms with van der Waals surface area (Å²) in [6, 6.07) is 9.19. The highest BCUT2D eigenvalue weighted by molar-refractivity contribution is 7.91. The van der Waals surface area contributed by atoms with Crippen molar-refractivity contribution in [3.8, 4) is 0 Å². The molecule has 0 N–H and O–H groups in total. The van der Waals surface area contributed by atoms with Crippen LogP contribution in [-0.2, 0) is 16.3 Å². The van der Waals surface area contributed by atoms with Crippen LogP contribution in [0.2, 0.25) is 0 Å². The summed E-state index contributed by atoms with van der Waals surface area (Å²) >= 11 is 0. The molecular formula is C19H23N3O3S. The van der Waals surface area contributed by atoms with E-state index in [9.17, 15) is 13.2 Å². The van der Waals surface area contributed by atoms with E-state index in [0.717, 1.165) is 30.1 Å². The van der Waals surface area contributed by atoms with Crippen LogP contribution in [-0.4, -0.2) is 40.5 Å². The van der Waals surface area contributed by atoms with Crippen LogP contribution in [0.4, 0.5) is 0 Å². The highest BCUT2D eigenvalue weighted by Gasteiger charge is 2.34. The molecule has 26 heavy (non-hydrogen) atoms. The van der Waals surface area contributed by atoms with Gasteiger partial charge in [0.15, 0.2) is 21.4 Å². The van der Waals surface area contributed by atoms with Crippen molar-refractivity contribution < 1.29 is 13.2 Å². The molecule has 4 rings (SSSR count). The number of aromatic nitrogens is 3. The molecule has 1 saturated heterocycles. The maximum atomic E-state index is 12.3. The van der Waals surface area contributed by atoms with E-state index in [1.54, 1.807) is 0 Å². The van der Waals surface area contributed by atoms with Crippen molar-refractivity contribution in [3.05, 3.63) is 47.5 Å². The molecule has 2 aromatic rings. The molecule has 1 aromatic heterocycles. The van der Waals surface area contributed by atoms with Gasteiger partial charge < -0.3 is 0 Å². The van der Waals surface area contributed by atoms with Crippen LogP contribution in [0, 0.1) is 0 Å². The van der Waals surface area contributed by atoms with E-state index in [4.69, 9.17) is 0 Å². The molecule has 2 aliphatic rings. The van der Waals surface area contributed by atoms with E-state index >= 15 is 0 Å². The van der Waals surface area contributed by atoms with Crippen molar-refractivity contribution in [3.63, 3.8) is 0 Å². The minimum atomic E-state index is -2.97. The number of rotatable bonds is 7. The van der Waals surface area contributed by atoms with Gasteiger partial charge in [-0.25, -0.2) is 18.1 Å². The summed E-state index contributed by atoms with van der Waals surface area (Å²) in [5.41, 5.74) is 0.731. The smallest absolute Gasteiger partial charge is 0.162 e. The molecule has 0 spiro atoms. The number of carbonyl (C=O) groups is 1. The van der Waals surface area contributed by atoms with Gasteiger partial charge in [-0.3, -0.25) is 4.79 Å². The number of aryl methyl sites for hydroxylation is 1. The fourth-order valence-corrected chi connectivity index (χ4v) is 5.19. The van der Waals surface area contributed by atoms with Crippen molar-refractivity contribution in [2.24, 2.45) is 0 Å². The molecule has 7 heteroatoms. The number of carbonyl (C=O) groups excluding carboxylic acids is 1. The third-order valence-electron chi connectivity index (χ3n) is 5.12. The molecule has 2 heterocycles. The zero-order valence-corrected chi connectivity index (χ0v) is 15.5. The Kier molecular flexibility index (Phi) is 4.65. The van der Waals surface area contributed by atoms with Gasteiger partial charge in [0.05, 0.1) is 17.5 Å². The van der Waals surface area contributed by atoms with Crippen LogP contribution in [0.3, 0.4) is 0 Å². The van der Waals surface area contributed by atoms with E-state index in [1.807, 2.05) is 35.0 Å². The lowest BCUT2D eigenvalue weighted by molar-refractivity contribution is 0.0980. The lowest BCUT2D eigenvalue weighted by atomic mass is 10.1. The van der Waals surface area contributed by atoms with Crippen molar-refractivity contribution in [1.82, 2.24) is 14.8 Å². The topological polar surface area (TPSA) is 81.9 Å². The first-order valence-electron chi connectivity index (χ1n) is 9.26. The van der Waals surface area contributed by atoms with E-state index in [-0.39, 0.29) is 23.3 Å². The average molecular weight is 373 g/mol. The molecule has 6 nitrogen and oxygen atoms in total. The largest absolute Gasteiger partial charge is 0.294 e. The third-order valence-corrected chi connectivity index (χ3v) is 6.87. The molecule has 0 radical (unpaired) electrons. The molecule has 1 aliphatic carbocycles. The van der Waals surface area contributed by atoms with E-state index in [0.29, 0.717) is 31.6 Å². The number of benzene rings is 1. The Bertz CT molecular complexity index is 901. The Morgan fingerprint density at radius 1 is 1.15 bits per heavy atom. The molecule has 1 atom stereocenters. The Morgan fingerprint density at radius 3 is 2.58 bits per heavy atom. The second kappa shape index (κ2) is 6.95. The standard InChI is InChI=1S/C19H23N3O3S/c23-17(14-5-2-1-3-6-14)7-4-8-18-20-19(15-9-10-15)21-22(18)16-11-12-26(24,25)13-16/h1-3,5-6,15-16H,4,7-13H2. The summed E-state index contributed by atoms with van der Waals surface area (Å²) in [5.74, 6) is 2.61. The molecule has 1 aliphatic heterocycles. The van der Waals surface area contributed by atoms with Crippen molar-refractivity contribution in [2.45, 2.75) is 50.5 Å². The molecule has 0 amide bonds. The van der Waals surface area contributed by atoms with Gasteiger partial charge in [-0.1, -0.05) is 30.3 Å². The Labute approximate surface area is 153 Å². The average Bonchev–Trinajstić information content (AvgIpc) is 3.30. The maximum absolute atomic E-state index is 12.3. The molecule has 1 saturated carbocycles. The number of hydrogen-bond donors (Lipinski definition) is 0. The van der Waals surface area contributed by atoms with Crippen molar-refractivity contribution >= 4 is 15.6 Å².